The molecule has 12 nitrogen and oxygen atoms in total. The minimum absolute atomic E-state index is 0.0760. The molecule has 2 amide bonds. The summed E-state index contributed by atoms with van der Waals surface area (Å²) in [4.78, 5) is 28.7. The highest BCUT2D eigenvalue weighted by molar-refractivity contribution is 7.90. The molecule has 0 aromatic heterocycles. The van der Waals surface area contributed by atoms with Gasteiger partial charge in [-0.1, -0.05) is 54.1 Å². The normalized spacial score (nSPS) is 16.7. The molecule has 1 heterocycles. The van der Waals surface area contributed by atoms with Crippen molar-refractivity contribution in [1.82, 2.24) is 15.0 Å². The number of hydrogen-bond acceptors (Lipinski definition) is 8. The number of amides is 2. The number of halogens is 1. The first kappa shape index (κ1) is 31.5. The number of nitrogens with two attached hydrogens (primary N) is 1. The zero-order valence-corrected chi connectivity index (χ0v) is 24.9. The minimum atomic E-state index is -4.21. The number of rotatable bonds is 10. The number of guanidine groups is 1. The molecule has 226 valence electrons. The van der Waals surface area contributed by atoms with E-state index in [1.54, 1.807) is 12.1 Å². The van der Waals surface area contributed by atoms with Crippen LogP contribution >= 0.6 is 11.6 Å². The van der Waals surface area contributed by atoms with Crippen molar-refractivity contribution in [3.05, 3.63) is 95.0 Å². The number of ether oxygens (including phenoxy) is 1. The predicted octanol–water partition coefficient (Wildman–Crippen LogP) is 1.84. The summed E-state index contributed by atoms with van der Waals surface area (Å²) in [6.07, 6.45) is 0. The fourth-order valence-electron chi connectivity index (χ4n) is 4.28. The summed E-state index contributed by atoms with van der Waals surface area (Å²) in [6, 6.07) is 19.8. The van der Waals surface area contributed by atoms with Crippen molar-refractivity contribution in [3.8, 4) is 5.75 Å². The largest absolute Gasteiger partial charge is 0.497 e. The van der Waals surface area contributed by atoms with E-state index in [0.29, 0.717) is 16.5 Å². The van der Waals surface area contributed by atoms with Gasteiger partial charge >= 0.3 is 0 Å². The molecule has 3 atom stereocenters. The van der Waals surface area contributed by atoms with Crippen LogP contribution in [-0.4, -0.2) is 74.4 Å². The Morgan fingerprint density at radius 1 is 1.12 bits per heavy atom. The number of hydrazone groups is 1. The van der Waals surface area contributed by atoms with Gasteiger partial charge in [0.2, 0.25) is 17.8 Å². The lowest BCUT2D eigenvalue weighted by atomic mass is 9.91. The first-order valence-electron chi connectivity index (χ1n) is 13.1. The standard InChI is InChI=1S/C29H31ClN6O6S/c1-18(28(39)33-25(17-37)27(31)38)32-29(35-43(40,41)23-14-12-22(42-2)13-15-23)36-16-24(19-6-4-3-5-7-19)26(34-36)20-8-10-21(30)11-9-20/h3-15,18,24-25,37H,16-17H2,1-2H3,(H2,31,38)(H,32,35)(H,33,39)/t18-,24?,25-/m0/s1. The fourth-order valence-corrected chi connectivity index (χ4v) is 5.42. The number of aliphatic hydroxyl groups excluding tert-OH is 1. The minimum Gasteiger partial charge on any atom is -0.497 e. The molecule has 0 bridgehead atoms. The lowest BCUT2D eigenvalue weighted by molar-refractivity contribution is -0.128. The summed E-state index contributed by atoms with van der Waals surface area (Å²) in [5.41, 5.74) is 7.55. The third kappa shape index (κ3) is 7.69. The number of aliphatic imine (C=N–C) groups is 1. The Bertz CT molecular complexity index is 1620. The molecule has 3 aromatic rings. The lowest BCUT2D eigenvalue weighted by Gasteiger charge is -2.21. The van der Waals surface area contributed by atoms with Crippen LogP contribution in [0.5, 0.6) is 5.75 Å². The second-order valence-corrected chi connectivity index (χ2v) is 11.7. The van der Waals surface area contributed by atoms with E-state index in [2.05, 4.69) is 15.0 Å². The van der Waals surface area contributed by atoms with Crippen molar-refractivity contribution in [1.29, 1.82) is 0 Å². The van der Waals surface area contributed by atoms with Crippen LogP contribution in [0.2, 0.25) is 5.02 Å². The smallest absolute Gasteiger partial charge is 0.264 e. The Labute approximate surface area is 254 Å². The topological polar surface area (TPSA) is 176 Å². The molecular weight excluding hydrogens is 596 g/mol. The highest BCUT2D eigenvalue weighted by Gasteiger charge is 2.34. The van der Waals surface area contributed by atoms with Crippen LogP contribution in [0.3, 0.4) is 0 Å². The second-order valence-electron chi connectivity index (χ2n) is 9.59. The van der Waals surface area contributed by atoms with Gasteiger partial charge in [0, 0.05) is 10.9 Å². The van der Waals surface area contributed by atoms with Crippen molar-refractivity contribution in [2.45, 2.75) is 29.8 Å². The highest BCUT2D eigenvalue weighted by atomic mass is 35.5. The Hall–Kier alpha value is -4.46. The van der Waals surface area contributed by atoms with Gasteiger partial charge in [0.1, 0.15) is 17.8 Å². The number of methoxy groups -OCH3 is 1. The van der Waals surface area contributed by atoms with Crippen LogP contribution in [0, 0.1) is 0 Å². The summed E-state index contributed by atoms with van der Waals surface area (Å²) in [6.45, 7) is 0.871. The molecule has 3 aromatic carbocycles. The monoisotopic (exact) mass is 626 g/mol. The molecule has 0 saturated carbocycles. The zero-order chi connectivity index (χ0) is 31.1. The first-order valence-corrected chi connectivity index (χ1v) is 15.0. The van der Waals surface area contributed by atoms with Gasteiger partial charge in [0.15, 0.2) is 0 Å². The van der Waals surface area contributed by atoms with Crippen LogP contribution < -0.4 is 20.5 Å². The van der Waals surface area contributed by atoms with Crippen molar-refractivity contribution in [3.63, 3.8) is 0 Å². The average molecular weight is 627 g/mol. The molecule has 0 radical (unpaired) electrons. The fraction of sp³-hybridized carbons (Fsp3) is 0.241. The number of hydrogen-bond donors (Lipinski definition) is 4. The summed E-state index contributed by atoms with van der Waals surface area (Å²) < 4.78 is 34.6. The zero-order valence-electron chi connectivity index (χ0n) is 23.3. The number of nitrogens with one attached hydrogen (secondary N) is 2. The molecule has 14 heteroatoms. The number of primary amides is 1. The van der Waals surface area contributed by atoms with Gasteiger partial charge in [0.25, 0.3) is 10.0 Å². The number of aliphatic hydroxyl groups is 1. The predicted molar refractivity (Wildman–Crippen MR) is 162 cm³/mol. The summed E-state index contributed by atoms with van der Waals surface area (Å²) in [5, 5.41) is 18.4. The van der Waals surface area contributed by atoms with E-state index >= 15 is 0 Å². The quantitative estimate of drug-likeness (QED) is 0.196. The maximum atomic E-state index is 13.5. The van der Waals surface area contributed by atoms with Gasteiger partial charge in [-0.15, -0.1) is 0 Å². The first-order chi connectivity index (χ1) is 20.5. The number of sulfonamides is 1. The molecule has 1 aliphatic rings. The SMILES string of the molecule is COc1ccc(S(=O)(=O)NC(=N[C@@H](C)C(=O)N[C@@H](CO)C(N)=O)N2CC(c3ccccc3)C(c3ccc(Cl)cc3)=N2)cc1. The van der Waals surface area contributed by atoms with Crippen LogP contribution in [0.25, 0.3) is 0 Å². The molecule has 4 rings (SSSR count). The molecule has 1 unspecified atom stereocenters. The van der Waals surface area contributed by atoms with Gasteiger partial charge in [-0.3, -0.25) is 9.59 Å². The van der Waals surface area contributed by atoms with Crippen molar-refractivity contribution in [2.24, 2.45) is 15.8 Å². The van der Waals surface area contributed by atoms with Crippen LogP contribution in [0.1, 0.15) is 24.0 Å². The van der Waals surface area contributed by atoms with E-state index in [1.807, 2.05) is 42.5 Å². The molecule has 0 saturated heterocycles. The number of carbonyl (C=O) groups excluding carboxylic acids is 2. The van der Waals surface area contributed by atoms with E-state index in [0.717, 1.165) is 11.1 Å². The maximum absolute atomic E-state index is 13.5. The van der Waals surface area contributed by atoms with Gasteiger partial charge in [-0.05, 0) is 54.4 Å². The van der Waals surface area contributed by atoms with E-state index in [-0.39, 0.29) is 23.3 Å². The van der Waals surface area contributed by atoms with Crippen molar-refractivity contribution in [2.75, 3.05) is 20.3 Å². The van der Waals surface area contributed by atoms with Gasteiger partial charge in [-0.2, -0.15) is 5.10 Å². The number of nitrogens with zero attached hydrogens (tertiary/aromatic N) is 3. The molecule has 0 spiro atoms. The Morgan fingerprint density at radius 2 is 1.77 bits per heavy atom. The Balaban J connectivity index is 1.76. The van der Waals surface area contributed by atoms with Gasteiger partial charge in [0.05, 0.1) is 30.9 Å². The van der Waals surface area contributed by atoms with Crippen molar-refractivity contribution < 1.29 is 27.9 Å². The molecule has 0 aliphatic carbocycles. The van der Waals surface area contributed by atoms with E-state index in [4.69, 9.17) is 27.2 Å². The van der Waals surface area contributed by atoms with Crippen LogP contribution in [0.4, 0.5) is 0 Å². The van der Waals surface area contributed by atoms with Crippen molar-refractivity contribution >= 4 is 45.1 Å². The average Bonchev–Trinajstić information content (AvgIpc) is 3.45. The summed E-state index contributed by atoms with van der Waals surface area (Å²) in [5.74, 6) is -1.76. The molecule has 5 N–H and O–H groups in total. The van der Waals surface area contributed by atoms with Crippen LogP contribution in [0.15, 0.2) is 93.9 Å². The lowest BCUT2D eigenvalue weighted by Crippen LogP contribution is -2.50. The van der Waals surface area contributed by atoms with E-state index in [1.165, 1.54) is 43.3 Å². The molecular formula is C29H31ClN6O6S. The summed E-state index contributed by atoms with van der Waals surface area (Å²) >= 11 is 6.12. The highest BCUT2D eigenvalue weighted by Crippen LogP contribution is 2.30. The second kappa shape index (κ2) is 13.7. The molecule has 0 fully saturated rings. The van der Waals surface area contributed by atoms with Crippen LogP contribution in [-0.2, 0) is 19.6 Å². The number of carbonyl (C=O) groups is 2. The van der Waals surface area contributed by atoms with E-state index < -0.39 is 40.5 Å². The van der Waals surface area contributed by atoms with Gasteiger partial charge in [-0.25, -0.2) is 23.1 Å². The third-order valence-electron chi connectivity index (χ3n) is 6.63. The van der Waals surface area contributed by atoms with E-state index in [9.17, 15) is 23.1 Å². The summed E-state index contributed by atoms with van der Waals surface area (Å²) in [7, 11) is -2.75. The Kier molecular flexibility index (Phi) is 10.0. The molecule has 1 aliphatic heterocycles. The van der Waals surface area contributed by atoms with Gasteiger partial charge < -0.3 is 20.9 Å². The molecule has 43 heavy (non-hydrogen) atoms. The Morgan fingerprint density at radius 3 is 2.35 bits per heavy atom. The number of benzene rings is 3. The maximum Gasteiger partial charge on any atom is 0.264 e. The third-order valence-corrected chi connectivity index (χ3v) is 8.23.